The van der Waals surface area contributed by atoms with E-state index in [-0.39, 0.29) is 18.4 Å². The summed E-state index contributed by atoms with van der Waals surface area (Å²) in [5, 5.41) is 4.52. The van der Waals surface area contributed by atoms with Crippen LogP contribution in [-0.4, -0.2) is 44.8 Å². The Kier molecular flexibility index (Phi) is 5.72. The lowest BCUT2D eigenvalue weighted by atomic mass is 9.97. The van der Waals surface area contributed by atoms with E-state index in [1.54, 1.807) is 13.0 Å². The number of aromatic nitrogens is 4. The standard InChI is InChI=1S/C24H23F2N5O3/c1-2-34-23(32)16-9-11-29(12-10-16)21-22-28-30(14-15-7-8-17(25)18(26)13-15)24(33)31(22)20-6-4-3-5-19(20)27-21/h3-8,13,16H,2,9-12,14H2,1H3. The van der Waals surface area contributed by atoms with Crippen LogP contribution in [0.15, 0.2) is 47.3 Å². The normalized spacial score (nSPS) is 14.7. The summed E-state index contributed by atoms with van der Waals surface area (Å²) >= 11 is 0. The van der Waals surface area contributed by atoms with Crippen molar-refractivity contribution in [2.24, 2.45) is 5.92 Å². The molecule has 3 heterocycles. The summed E-state index contributed by atoms with van der Waals surface area (Å²) in [5.41, 5.74) is 1.62. The molecule has 34 heavy (non-hydrogen) atoms. The maximum Gasteiger partial charge on any atom is 0.351 e. The van der Waals surface area contributed by atoms with Crippen LogP contribution in [0.5, 0.6) is 0 Å². The van der Waals surface area contributed by atoms with Crippen molar-refractivity contribution >= 4 is 28.5 Å². The first-order valence-electron chi connectivity index (χ1n) is 11.2. The Morgan fingerprint density at radius 2 is 1.88 bits per heavy atom. The highest BCUT2D eigenvalue weighted by molar-refractivity contribution is 5.83. The van der Waals surface area contributed by atoms with Crippen molar-refractivity contribution in [1.29, 1.82) is 0 Å². The van der Waals surface area contributed by atoms with Crippen molar-refractivity contribution in [3.8, 4) is 0 Å². The van der Waals surface area contributed by atoms with Crippen LogP contribution in [0.2, 0.25) is 0 Å². The molecule has 0 unspecified atom stereocenters. The summed E-state index contributed by atoms with van der Waals surface area (Å²) in [7, 11) is 0. The first kappa shape index (κ1) is 22.0. The molecule has 176 valence electrons. The molecule has 0 amide bonds. The average Bonchev–Trinajstić information content (AvgIpc) is 3.17. The highest BCUT2D eigenvalue weighted by Crippen LogP contribution is 2.27. The Bertz CT molecular complexity index is 1440. The molecule has 8 nitrogen and oxygen atoms in total. The van der Waals surface area contributed by atoms with Crippen molar-refractivity contribution in [3.05, 3.63) is 70.1 Å². The zero-order chi connectivity index (χ0) is 23.8. The molecule has 1 fully saturated rings. The van der Waals surface area contributed by atoms with Crippen LogP contribution in [0.25, 0.3) is 16.7 Å². The maximum absolute atomic E-state index is 13.7. The molecule has 0 spiro atoms. The number of ether oxygens (including phenoxy) is 1. The van der Waals surface area contributed by atoms with Crippen molar-refractivity contribution in [2.75, 3.05) is 24.6 Å². The summed E-state index contributed by atoms with van der Waals surface area (Å²) < 4.78 is 34.9. The average molecular weight is 467 g/mol. The number of benzene rings is 2. The first-order valence-corrected chi connectivity index (χ1v) is 11.2. The minimum atomic E-state index is -0.980. The quantitative estimate of drug-likeness (QED) is 0.420. The van der Waals surface area contributed by atoms with Gasteiger partial charge in [0.25, 0.3) is 0 Å². The van der Waals surface area contributed by atoms with Gasteiger partial charge in [0.1, 0.15) is 0 Å². The molecular weight excluding hydrogens is 444 g/mol. The fourth-order valence-corrected chi connectivity index (χ4v) is 4.39. The van der Waals surface area contributed by atoms with Crippen LogP contribution in [0.4, 0.5) is 14.6 Å². The second-order valence-corrected chi connectivity index (χ2v) is 8.29. The van der Waals surface area contributed by atoms with Gasteiger partial charge in [-0.3, -0.25) is 4.79 Å². The lowest BCUT2D eigenvalue weighted by molar-refractivity contribution is -0.148. The molecule has 0 aliphatic carbocycles. The third-order valence-corrected chi connectivity index (χ3v) is 6.12. The van der Waals surface area contributed by atoms with E-state index in [1.165, 1.54) is 15.1 Å². The molecule has 0 radical (unpaired) electrons. The minimum absolute atomic E-state index is 0.0174. The molecule has 1 aliphatic rings. The molecular formula is C24H23F2N5O3. The van der Waals surface area contributed by atoms with Gasteiger partial charge in [-0.25, -0.2) is 27.6 Å². The van der Waals surface area contributed by atoms with Gasteiger partial charge in [0.15, 0.2) is 17.5 Å². The van der Waals surface area contributed by atoms with Gasteiger partial charge in [0.05, 0.1) is 30.1 Å². The van der Waals surface area contributed by atoms with Crippen molar-refractivity contribution in [2.45, 2.75) is 26.3 Å². The summed E-state index contributed by atoms with van der Waals surface area (Å²) in [4.78, 5) is 32.3. The van der Waals surface area contributed by atoms with Gasteiger partial charge in [-0.15, -0.1) is 5.10 Å². The molecule has 1 saturated heterocycles. The molecule has 2 aromatic heterocycles. The number of para-hydroxylation sites is 2. The van der Waals surface area contributed by atoms with Gasteiger partial charge >= 0.3 is 11.7 Å². The fourth-order valence-electron chi connectivity index (χ4n) is 4.39. The van der Waals surface area contributed by atoms with E-state index in [2.05, 4.69) is 5.10 Å². The molecule has 0 atom stereocenters. The number of nitrogens with zero attached hydrogens (tertiary/aromatic N) is 5. The Labute approximate surface area is 193 Å². The third kappa shape index (κ3) is 3.89. The van der Waals surface area contributed by atoms with Crippen molar-refractivity contribution in [1.82, 2.24) is 19.2 Å². The molecule has 10 heteroatoms. The predicted octanol–water partition coefficient (Wildman–Crippen LogP) is 3.15. The Morgan fingerprint density at radius 1 is 1.12 bits per heavy atom. The van der Waals surface area contributed by atoms with E-state index in [0.29, 0.717) is 60.6 Å². The molecule has 5 rings (SSSR count). The second-order valence-electron chi connectivity index (χ2n) is 8.29. The zero-order valence-electron chi connectivity index (χ0n) is 18.6. The molecule has 0 N–H and O–H groups in total. The van der Waals surface area contributed by atoms with Gasteiger partial charge in [0, 0.05) is 13.1 Å². The van der Waals surface area contributed by atoms with E-state index in [4.69, 9.17) is 9.72 Å². The van der Waals surface area contributed by atoms with Gasteiger partial charge < -0.3 is 9.64 Å². The second kappa shape index (κ2) is 8.85. The maximum atomic E-state index is 13.7. The topological polar surface area (TPSA) is 81.7 Å². The van der Waals surface area contributed by atoms with Crippen LogP contribution in [-0.2, 0) is 16.1 Å². The summed E-state index contributed by atoms with van der Waals surface area (Å²) in [5.74, 6) is -1.74. The molecule has 4 aromatic rings. The first-order chi connectivity index (χ1) is 16.5. The zero-order valence-corrected chi connectivity index (χ0v) is 18.6. The monoisotopic (exact) mass is 467 g/mol. The number of carbonyl (C=O) groups excluding carboxylic acids is 1. The van der Waals surface area contributed by atoms with E-state index >= 15 is 0 Å². The molecule has 0 saturated carbocycles. The van der Waals surface area contributed by atoms with E-state index < -0.39 is 17.3 Å². The lowest BCUT2D eigenvalue weighted by Gasteiger charge is -2.31. The summed E-state index contributed by atoms with van der Waals surface area (Å²) in [6.45, 7) is 3.25. The van der Waals surface area contributed by atoms with Crippen LogP contribution in [0.3, 0.4) is 0 Å². The number of rotatable bonds is 5. The lowest BCUT2D eigenvalue weighted by Crippen LogP contribution is -2.37. The Balaban J connectivity index is 1.56. The minimum Gasteiger partial charge on any atom is -0.466 e. The number of piperidine rings is 1. The largest absolute Gasteiger partial charge is 0.466 e. The van der Waals surface area contributed by atoms with Gasteiger partial charge in [0.2, 0.25) is 5.65 Å². The van der Waals surface area contributed by atoms with Gasteiger partial charge in [-0.05, 0) is 49.6 Å². The summed E-state index contributed by atoms with van der Waals surface area (Å²) in [6, 6.07) is 10.8. The highest BCUT2D eigenvalue weighted by atomic mass is 19.2. The number of fused-ring (bicyclic) bond motifs is 3. The SMILES string of the molecule is CCOC(=O)C1CCN(c2nc3ccccc3n3c(=O)n(Cc4ccc(F)c(F)c4)nc23)CC1. The van der Waals surface area contributed by atoms with Crippen molar-refractivity contribution < 1.29 is 18.3 Å². The van der Waals surface area contributed by atoms with Crippen LogP contribution in [0.1, 0.15) is 25.3 Å². The number of esters is 1. The number of carbonyl (C=O) groups is 1. The van der Waals surface area contributed by atoms with Gasteiger partial charge in [-0.1, -0.05) is 18.2 Å². The fraction of sp³-hybridized carbons (Fsp3) is 0.333. The number of anilines is 1. The van der Waals surface area contributed by atoms with E-state index in [0.717, 1.165) is 12.1 Å². The number of hydrogen-bond donors (Lipinski definition) is 0. The smallest absolute Gasteiger partial charge is 0.351 e. The van der Waals surface area contributed by atoms with Crippen LogP contribution < -0.4 is 10.6 Å². The highest BCUT2D eigenvalue weighted by Gasteiger charge is 2.29. The molecule has 1 aliphatic heterocycles. The van der Waals surface area contributed by atoms with E-state index in [1.807, 2.05) is 23.1 Å². The van der Waals surface area contributed by atoms with Crippen LogP contribution in [0, 0.1) is 17.6 Å². The Hall–Kier alpha value is -3.82. The number of halogens is 2. The third-order valence-electron chi connectivity index (χ3n) is 6.12. The van der Waals surface area contributed by atoms with Crippen LogP contribution >= 0.6 is 0 Å². The molecule has 0 bridgehead atoms. The predicted molar refractivity (Wildman–Crippen MR) is 122 cm³/mol. The van der Waals surface area contributed by atoms with Gasteiger partial charge in [-0.2, -0.15) is 0 Å². The van der Waals surface area contributed by atoms with Crippen molar-refractivity contribution in [3.63, 3.8) is 0 Å². The van der Waals surface area contributed by atoms with E-state index in [9.17, 15) is 18.4 Å². The number of hydrogen-bond acceptors (Lipinski definition) is 6. The summed E-state index contributed by atoms with van der Waals surface area (Å²) in [6.07, 6.45) is 1.22. The molecule has 2 aromatic carbocycles. The Morgan fingerprint density at radius 3 is 2.62 bits per heavy atom.